The molecule has 4 nitrogen and oxygen atoms in total. The third-order valence-corrected chi connectivity index (χ3v) is 1.52. The molecular formula is C7H11ClN2O2. The van der Waals surface area contributed by atoms with Crippen LogP contribution in [0.3, 0.4) is 0 Å². The summed E-state index contributed by atoms with van der Waals surface area (Å²) in [6.07, 6.45) is 2.26. The number of hydrogen-bond acceptors (Lipinski definition) is 2. The second kappa shape index (κ2) is 4.77. The number of aliphatic carboxylic acids is 1. The van der Waals surface area contributed by atoms with Crippen LogP contribution in [0, 0.1) is 6.92 Å². The molecule has 0 spiro atoms. The van der Waals surface area contributed by atoms with Crippen molar-refractivity contribution in [3.05, 3.63) is 17.7 Å². The van der Waals surface area contributed by atoms with Crippen molar-refractivity contribution in [1.29, 1.82) is 0 Å². The van der Waals surface area contributed by atoms with Crippen LogP contribution in [0.4, 0.5) is 0 Å². The first-order valence-corrected chi connectivity index (χ1v) is 3.41. The fourth-order valence-corrected chi connectivity index (χ4v) is 0.874. The molecule has 0 bridgehead atoms. The molecule has 1 aromatic rings. The van der Waals surface area contributed by atoms with E-state index in [1.54, 1.807) is 6.33 Å². The number of carboxylic acid groups (broad SMARTS) is 1. The first-order chi connectivity index (χ1) is 5.20. The van der Waals surface area contributed by atoms with Crippen LogP contribution in [-0.2, 0) is 11.2 Å². The molecule has 0 atom stereocenters. The molecule has 1 rings (SSSR count). The largest absolute Gasteiger partial charge is 0.481 e. The van der Waals surface area contributed by atoms with Gasteiger partial charge in [0, 0.05) is 5.69 Å². The molecule has 0 aliphatic carbocycles. The summed E-state index contributed by atoms with van der Waals surface area (Å²) in [5, 5.41) is 8.37. The van der Waals surface area contributed by atoms with E-state index in [0.717, 1.165) is 11.4 Å². The highest BCUT2D eigenvalue weighted by Crippen LogP contribution is 2.03. The lowest BCUT2D eigenvalue weighted by Gasteiger charge is -1.93. The number of aromatic amines is 1. The summed E-state index contributed by atoms with van der Waals surface area (Å²) in [6.45, 7) is 1.85. The molecule has 0 aliphatic rings. The fourth-order valence-electron chi connectivity index (χ4n) is 0.874. The number of nitrogens with zero attached hydrogens (tertiary/aromatic N) is 1. The first-order valence-electron chi connectivity index (χ1n) is 3.41. The third-order valence-electron chi connectivity index (χ3n) is 1.52. The Kier molecular flexibility index (Phi) is 4.36. The number of aryl methyl sites for hydroxylation is 2. The SMILES string of the molecule is Cc1nc[nH]c1CCC(=O)O.Cl. The second-order valence-corrected chi connectivity index (χ2v) is 2.36. The lowest BCUT2D eigenvalue weighted by molar-refractivity contribution is -0.136. The van der Waals surface area contributed by atoms with Gasteiger partial charge in [0.2, 0.25) is 0 Å². The zero-order valence-electron chi connectivity index (χ0n) is 6.70. The predicted octanol–water partition coefficient (Wildman–Crippen LogP) is 1.16. The zero-order chi connectivity index (χ0) is 8.27. The number of nitrogens with one attached hydrogen (secondary N) is 1. The number of carboxylic acids is 1. The molecule has 0 radical (unpaired) electrons. The molecule has 0 fully saturated rings. The molecule has 5 heteroatoms. The molecule has 68 valence electrons. The number of imidazole rings is 1. The maximum atomic E-state index is 10.2. The molecule has 0 unspecified atom stereocenters. The van der Waals surface area contributed by atoms with E-state index in [4.69, 9.17) is 5.11 Å². The summed E-state index contributed by atoms with van der Waals surface area (Å²) in [4.78, 5) is 17.0. The van der Waals surface area contributed by atoms with Crippen molar-refractivity contribution in [3.8, 4) is 0 Å². The number of halogens is 1. The first kappa shape index (κ1) is 11.0. The van der Waals surface area contributed by atoms with Gasteiger partial charge in [-0.1, -0.05) is 0 Å². The summed E-state index contributed by atoms with van der Waals surface area (Å²) in [5.74, 6) is -0.779. The molecule has 1 heterocycles. The van der Waals surface area contributed by atoms with Crippen molar-refractivity contribution >= 4 is 18.4 Å². The summed E-state index contributed by atoms with van der Waals surface area (Å²) < 4.78 is 0. The van der Waals surface area contributed by atoms with E-state index in [1.807, 2.05) is 6.92 Å². The van der Waals surface area contributed by atoms with E-state index >= 15 is 0 Å². The highest BCUT2D eigenvalue weighted by atomic mass is 35.5. The average molecular weight is 191 g/mol. The number of aromatic nitrogens is 2. The molecular weight excluding hydrogens is 180 g/mol. The summed E-state index contributed by atoms with van der Waals surface area (Å²) >= 11 is 0. The second-order valence-electron chi connectivity index (χ2n) is 2.36. The van der Waals surface area contributed by atoms with E-state index in [0.29, 0.717) is 6.42 Å². The monoisotopic (exact) mass is 190 g/mol. The Morgan fingerprint density at radius 3 is 2.83 bits per heavy atom. The molecule has 12 heavy (non-hydrogen) atoms. The van der Waals surface area contributed by atoms with Gasteiger partial charge in [-0.15, -0.1) is 12.4 Å². The minimum atomic E-state index is -0.779. The molecule has 0 saturated heterocycles. The smallest absolute Gasteiger partial charge is 0.303 e. The van der Waals surface area contributed by atoms with Crippen molar-refractivity contribution < 1.29 is 9.90 Å². The van der Waals surface area contributed by atoms with Crippen LogP contribution in [0.15, 0.2) is 6.33 Å². The van der Waals surface area contributed by atoms with Crippen molar-refractivity contribution in [2.75, 3.05) is 0 Å². The van der Waals surface area contributed by atoms with Gasteiger partial charge in [-0.2, -0.15) is 0 Å². The highest BCUT2D eigenvalue weighted by Gasteiger charge is 2.02. The van der Waals surface area contributed by atoms with Crippen molar-refractivity contribution in [2.24, 2.45) is 0 Å². The summed E-state index contributed by atoms with van der Waals surface area (Å²) in [5.41, 5.74) is 1.79. The lowest BCUT2D eigenvalue weighted by Crippen LogP contribution is -1.98. The van der Waals surface area contributed by atoms with Gasteiger partial charge in [0.1, 0.15) is 0 Å². The van der Waals surface area contributed by atoms with Gasteiger partial charge >= 0.3 is 5.97 Å². The Bertz CT molecular complexity index is 260. The normalized spacial score (nSPS) is 9.08. The Balaban J connectivity index is 0.00000121. The molecule has 0 amide bonds. The average Bonchev–Trinajstić information content (AvgIpc) is 2.31. The maximum Gasteiger partial charge on any atom is 0.303 e. The molecule has 0 saturated carbocycles. The van der Waals surface area contributed by atoms with E-state index in [9.17, 15) is 4.79 Å². The molecule has 1 aromatic heterocycles. The van der Waals surface area contributed by atoms with Gasteiger partial charge in [0.15, 0.2) is 0 Å². The van der Waals surface area contributed by atoms with E-state index < -0.39 is 5.97 Å². The van der Waals surface area contributed by atoms with Crippen LogP contribution < -0.4 is 0 Å². The van der Waals surface area contributed by atoms with Gasteiger partial charge in [-0.3, -0.25) is 4.79 Å². The maximum absolute atomic E-state index is 10.2. The Hall–Kier alpha value is -1.03. The third kappa shape index (κ3) is 2.92. The van der Waals surface area contributed by atoms with Crippen LogP contribution in [-0.4, -0.2) is 21.0 Å². The van der Waals surface area contributed by atoms with Gasteiger partial charge in [-0.25, -0.2) is 4.98 Å². The van der Waals surface area contributed by atoms with E-state index in [-0.39, 0.29) is 18.8 Å². The Labute approximate surface area is 76.4 Å². The van der Waals surface area contributed by atoms with Crippen LogP contribution in [0.1, 0.15) is 17.8 Å². The number of rotatable bonds is 3. The lowest BCUT2D eigenvalue weighted by atomic mass is 10.2. The van der Waals surface area contributed by atoms with Gasteiger partial charge in [0.05, 0.1) is 18.4 Å². The standard InChI is InChI=1S/C7H10N2O2.ClH/c1-5-6(9-4-8-5)2-3-7(10)11;/h4H,2-3H2,1H3,(H,8,9)(H,10,11);1H. The van der Waals surface area contributed by atoms with Crippen LogP contribution in [0.5, 0.6) is 0 Å². The van der Waals surface area contributed by atoms with Gasteiger partial charge < -0.3 is 10.1 Å². The van der Waals surface area contributed by atoms with Crippen LogP contribution >= 0.6 is 12.4 Å². The number of carbonyl (C=O) groups is 1. The van der Waals surface area contributed by atoms with Crippen LogP contribution in [0.2, 0.25) is 0 Å². The topological polar surface area (TPSA) is 66.0 Å². The van der Waals surface area contributed by atoms with Crippen molar-refractivity contribution in [3.63, 3.8) is 0 Å². The Morgan fingerprint density at radius 1 is 1.75 bits per heavy atom. The molecule has 0 aliphatic heterocycles. The zero-order valence-corrected chi connectivity index (χ0v) is 7.52. The Morgan fingerprint density at radius 2 is 2.42 bits per heavy atom. The summed E-state index contributed by atoms with van der Waals surface area (Å²) in [7, 11) is 0. The van der Waals surface area contributed by atoms with Crippen LogP contribution in [0.25, 0.3) is 0 Å². The van der Waals surface area contributed by atoms with E-state index in [2.05, 4.69) is 9.97 Å². The number of hydrogen-bond donors (Lipinski definition) is 2. The molecule has 2 N–H and O–H groups in total. The fraction of sp³-hybridized carbons (Fsp3) is 0.429. The summed E-state index contributed by atoms with van der Waals surface area (Å²) in [6, 6.07) is 0. The number of H-pyrrole nitrogens is 1. The predicted molar refractivity (Wildman–Crippen MR) is 46.5 cm³/mol. The quantitative estimate of drug-likeness (QED) is 0.752. The van der Waals surface area contributed by atoms with Crippen molar-refractivity contribution in [1.82, 2.24) is 9.97 Å². The minimum Gasteiger partial charge on any atom is -0.481 e. The highest BCUT2D eigenvalue weighted by molar-refractivity contribution is 5.85. The van der Waals surface area contributed by atoms with E-state index in [1.165, 1.54) is 0 Å². The van der Waals surface area contributed by atoms with Gasteiger partial charge in [0.25, 0.3) is 0 Å². The molecule has 0 aromatic carbocycles. The minimum absolute atomic E-state index is 0. The van der Waals surface area contributed by atoms with Gasteiger partial charge in [-0.05, 0) is 13.3 Å². The van der Waals surface area contributed by atoms with Crippen molar-refractivity contribution in [2.45, 2.75) is 19.8 Å².